The Morgan fingerprint density at radius 2 is 1.62 bits per heavy atom. The molecule has 1 nitrogen and oxygen atoms in total. The van der Waals surface area contributed by atoms with E-state index in [2.05, 4.69) is 0 Å². The number of fused-ring (bicyclic) bond motifs is 1. The second-order valence-corrected chi connectivity index (χ2v) is 3.23. The van der Waals surface area contributed by atoms with E-state index in [4.69, 9.17) is 11.6 Å². The van der Waals surface area contributed by atoms with Crippen LogP contribution < -0.4 is 5.43 Å². The number of hydrogen-bond donors (Lipinski definition) is 0. The Balaban J connectivity index is 2.97. The largest absolute Gasteiger partial charge is 0.288 e. The molecular formula is C11H7ClO. The molecule has 0 aliphatic rings. The van der Waals surface area contributed by atoms with E-state index < -0.39 is 0 Å². The summed E-state index contributed by atoms with van der Waals surface area (Å²) in [5.41, 5.74) is -0.141. The zero-order chi connectivity index (χ0) is 9.26. The molecular weight excluding hydrogens is 184 g/mol. The average Bonchev–Trinajstić information content (AvgIpc) is 2.28. The first-order valence-electron chi connectivity index (χ1n) is 3.96. The summed E-state index contributed by atoms with van der Waals surface area (Å²) in [6, 6.07) is 12.7. The summed E-state index contributed by atoms with van der Waals surface area (Å²) in [5.74, 6) is 0. The molecule has 2 aromatic rings. The van der Waals surface area contributed by atoms with Gasteiger partial charge in [-0.1, -0.05) is 41.9 Å². The Hall–Kier alpha value is -1.34. The summed E-state index contributed by atoms with van der Waals surface area (Å²) >= 11 is 5.76. The van der Waals surface area contributed by atoms with Crippen LogP contribution in [0.3, 0.4) is 0 Å². The van der Waals surface area contributed by atoms with Crippen molar-refractivity contribution in [2.45, 2.75) is 0 Å². The summed E-state index contributed by atoms with van der Waals surface area (Å²) in [6.45, 7) is 0. The van der Waals surface area contributed by atoms with Gasteiger partial charge in [0.05, 0.1) is 5.02 Å². The van der Waals surface area contributed by atoms with Crippen LogP contribution in [-0.2, 0) is 0 Å². The van der Waals surface area contributed by atoms with Gasteiger partial charge in [-0.15, -0.1) is 0 Å². The molecule has 0 unspecified atom stereocenters. The minimum Gasteiger partial charge on any atom is -0.288 e. The lowest BCUT2D eigenvalue weighted by molar-refractivity contribution is 1.68. The Kier molecular flexibility index (Phi) is 2.03. The fraction of sp³-hybridized carbons (Fsp3) is 0. The minimum absolute atomic E-state index is 0.141. The van der Waals surface area contributed by atoms with Crippen LogP contribution in [0.15, 0.2) is 47.3 Å². The van der Waals surface area contributed by atoms with Gasteiger partial charge in [-0.3, -0.25) is 4.79 Å². The predicted molar refractivity (Wildman–Crippen MR) is 55.2 cm³/mol. The third-order valence-corrected chi connectivity index (χ3v) is 2.22. The summed E-state index contributed by atoms with van der Waals surface area (Å²) in [4.78, 5) is 11.2. The van der Waals surface area contributed by atoms with Gasteiger partial charge in [0.15, 0.2) is 5.43 Å². The molecule has 0 radical (unpaired) electrons. The maximum atomic E-state index is 11.2. The molecule has 0 heterocycles. The maximum absolute atomic E-state index is 11.2. The van der Waals surface area contributed by atoms with Crippen molar-refractivity contribution in [2.75, 3.05) is 0 Å². The highest BCUT2D eigenvalue weighted by Crippen LogP contribution is 2.13. The normalized spacial score (nSPS) is 10.2. The van der Waals surface area contributed by atoms with Crippen LogP contribution in [0.4, 0.5) is 0 Å². The third-order valence-electron chi connectivity index (χ3n) is 1.93. The third kappa shape index (κ3) is 1.56. The second kappa shape index (κ2) is 3.19. The van der Waals surface area contributed by atoms with Crippen LogP contribution in [0.25, 0.3) is 10.8 Å². The van der Waals surface area contributed by atoms with Gasteiger partial charge in [-0.2, -0.15) is 0 Å². The molecule has 64 valence electrons. The molecule has 13 heavy (non-hydrogen) atoms. The van der Waals surface area contributed by atoms with Crippen molar-refractivity contribution >= 4 is 22.4 Å². The maximum Gasteiger partial charge on any atom is 0.197 e. The Labute approximate surface area is 80.6 Å². The zero-order valence-electron chi connectivity index (χ0n) is 6.83. The predicted octanol–water partition coefficient (Wildman–Crippen LogP) is 2.85. The average molecular weight is 191 g/mol. The molecule has 2 aromatic carbocycles. The number of halogens is 1. The second-order valence-electron chi connectivity index (χ2n) is 2.82. The molecule has 0 saturated heterocycles. The summed E-state index contributed by atoms with van der Waals surface area (Å²) in [6.07, 6.45) is 0. The highest BCUT2D eigenvalue weighted by Gasteiger charge is 1.94. The molecule has 2 heteroatoms. The molecule has 0 aliphatic heterocycles. The van der Waals surface area contributed by atoms with E-state index in [-0.39, 0.29) is 10.5 Å². The van der Waals surface area contributed by atoms with E-state index in [0.29, 0.717) is 0 Å². The van der Waals surface area contributed by atoms with Crippen LogP contribution in [0.5, 0.6) is 0 Å². The first-order valence-corrected chi connectivity index (χ1v) is 4.34. The van der Waals surface area contributed by atoms with E-state index in [9.17, 15) is 4.79 Å². The van der Waals surface area contributed by atoms with E-state index in [1.54, 1.807) is 12.1 Å². The Morgan fingerprint density at radius 3 is 2.38 bits per heavy atom. The number of rotatable bonds is 0. The summed E-state index contributed by atoms with van der Waals surface area (Å²) in [5, 5.41) is 2.27. The molecule has 2 rings (SSSR count). The lowest BCUT2D eigenvalue weighted by Crippen LogP contribution is -1.92. The Bertz CT molecular complexity index is 505. The van der Waals surface area contributed by atoms with Crippen LogP contribution in [-0.4, -0.2) is 0 Å². The van der Waals surface area contributed by atoms with Gasteiger partial charge in [0.1, 0.15) is 0 Å². The molecule has 0 aliphatic carbocycles. The minimum atomic E-state index is -0.141. The van der Waals surface area contributed by atoms with Crippen LogP contribution in [0.2, 0.25) is 5.02 Å². The van der Waals surface area contributed by atoms with Gasteiger partial charge in [0, 0.05) is 0 Å². The van der Waals surface area contributed by atoms with Crippen LogP contribution >= 0.6 is 11.6 Å². The first kappa shape index (κ1) is 8.27. The van der Waals surface area contributed by atoms with Gasteiger partial charge >= 0.3 is 0 Å². The van der Waals surface area contributed by atoms with E-state index in [1.165, 1.54) is 6.07 Å². The van der Waals surface area contributed by atoms with E-state index >= 15 is 0 Å². The van der Waals surface area contributed by atoms with Crippen molar-refractivity contribution < 1.29 is 0 Å². The van der Waals surface area contributed by atoms with Gasteiger partial charge in [0.2, 0.25) is 0 Å². The monoisotopic (exact) mass is 190 g/mol. The van der Waals surface area contributed by atoms with Crippen LogP contribution in [0.1, 0.15) is 0 Å². The zero-order valence-corrected chi connectivity index (χ0v) is 7.58. The Morgan fingerprint density at radius 1 is 0.923 bits per heavy atom. The molecule has 0 amide bonds. The van der Waals surface area contributed by atoms with Crippen molar-refractivity contribution in [3.63, 3.8) is 0 Å². The van der Waals surface area contributed by atoms with E-state index in [0.717, 1.165) is 10.8 Å². The van der Waals surface area contributed by atoms with Crippen molar-refractivity contribution in [3.8, 4) is 0 Å². The number of hydrogen-bond acceptors (Lipinski definition) is 1. The molecule has 0 saturated carbocycles. The van der Waals surface area contributed by atoms with Gasteiger partial charge in [-0.25, -0.2) is 0 Å². The topological polar surface area (TPSA) is 17.1 Å². The quantitative estimate of drug-likeness (QED) is 0.625. The lowest BCUT2D eigenvalue weighted by Gasteiger charge is -1.88. The standard InChI is InChI=1S/C11H7ClO/c12-10-7-9-4-2-1-3-8(9)5-6-11(10)13/h1-7H. The van der Waals surface area contributed by atoms with E-state index in [1.807, 2.05) is 24.3 Å². The number of benzene rings is 1. The van der Waals surface area contributed by atoms with Crippen molar-refractivity contribution in [2.24, 2.45) is 0 Å². The fourth-order valence-electron chi connectivity index (χ4n) is 1.25. The first-order chi connectivity index (χ1) is 6.27. The van der Waals surface area contributed by atoms with Crippen LogP contribution in [0, 0.1) is 0 Å². The summed E-state index contributed by atoms with van der Waals surface area (Å²) in [7, 11) is 0. The SMILES string of the molecule is O=c1ccc2ccccc2cc1Cl. The van der Waals surface area contributed by atoms with Crippen molar-refractivity contribution in [3.05, 3.63) is 57.7 Å². The smallest absolute Gasteiger partial charge is 0.197 e. The van der Waals surface area contributed by atoms with Crippen molar-refractivity contribution in [1.82, 2.24) is 0 Å². The lowest BCUT2D eigenvalue weighted by atomic mass is 10.2. The van der Waals surface area contributed by atoms with Crippen molar-refractivity contribution in [1.29, 1.82) is 0 Å². The summed E-state index contributed by atoms with van der Waals surface area (Å²) < 4.78 is 0. The molecule has 0 fully saturated rings. The fourth-order valence-corrected chi connectivity index (χ4v) is 1.43. The molecule has 0 spiro atoms. The molecule has 0 bridgehead atoms. The molecule has 0 N–H and O–H groups in total. The van der Waals surface area contributed by atoms with Gasteiger partial charge in [0.25, 0.3) is 0 Å². The highest BCUT2D eigenvalue weighted by atomic mass is 35.5. The molecule has 0 atom stereocenters. The highest BCUT2D eigenvalue weighted by molar-refractivity contribution is 6.31. The molecule has 0 aromatic heterocycles. The van der Waals surface area contributed by atoms with Gasteiger partial charge < -0.3 is 0 Å². The van der Waals surface area contributed by atoms with Gasteiger partial charge in [-0.05, 0) is 22.9 Å².